The molecule has 1 aromatic carbocycles. The zero-order valence-corrected chi connectivity index (χ0v) is 15.6. The first-order valence-corrected chi connectivity index (χ1v) is 8.73. The van der Waals surface area contributed by atoms with Crippen molar-refractivity contribution in [2.45, 2.75) is 33.0 Å². The minimum Gasteiger partial charge on any atom is -0.352 e. The second kappa shape index (κ2) is 7.71. The molecule has 3 rings (SSSR count). The zero-order chi connectivity index (χ0) is 19.6. The van der Waals surface area contributed by atoms with E-state index in [4.69, 9.17) is 11.6 Å². The first-order valence-electron chi connectivity index (χ1n) is 8.35. The van der Waals surface area contributed by atoms with Crippen molar-refractivity contribution >= 4 is 28.7 Å². The van der Waals surface area contributed by atoms with Crippen LogP contribution in [0, 0.1) is 0 Å². The predicted octanol–water partition coefficient (Wildman–Crippen LogP) is 1.18. The van der Waals surface area contributed by atoms with E-state index in [1.165, 1.54) is 12.4 Å². The number of nitrogens with one attached hydrogen (secondary N) is 1. The van der Waals surface area contributed by atoms with E-state index in [-0.39, 0.29) is 36.2 Å². The van der Waals surface area contributed by atoms with Crippen LogP contribution in [0.3, 0.4) is 0 Å². The molecule has 140 valence electrons. The van der Waals surface area contributed by atoms with Gasteiger partial charge in [-0.05, 0) is 25.5 Å². The molecule has 0 radical (unpaired) electrons. The van der Waals surface area contributed by atoms with Crippen LogP contribution in [0.25, 0.3) is 11.2 Å². The van der Waals surface area contributed by atoms with Crippen LogP contribution in [0.2, 0.25) is 5.02 Å². The van der Waals surface area contributed by atoms with E-state index < -0.39 is 11.2 Å². The van der Waals surface area contributed by atoms with Crippen LogP contribution in [0.4, 0.5) is 0 Å². The standard InChI is InChI=1S/C18H18ClN5O3/c1-11(2)22-14(25)10-23-16-15(20-7-8-21-16)17(26)24(18(23)27)9-12-5-3-4-6-13(12)19/h3-8,11H,9-10H2,1-2H3,(H,22,25). The third kappa shape index (κ3) is 3.90. The van der Waals surface area contributed by atoms with E-state index in [9.17, 15) is 14.4 Å². The predicted molar refractivity (Wildman–Crippen MR) is 102 cm³/mol. The summed E-state index contributed by atoms with van der Waals surface area (Å²) in [6, 6.07) is 6.85. The van der Waals surface area contributed by atoms with Crippen LogP contribution < -0.4 is 16.6 Å². The lowest BCUT2D eigenvalue weighted by molar-refractivity contribution is -0.122. The summed E-state index contributed by atoms with van der Waals surface area (Å²) in [6.07, 6.45) is 2.74. The summed E-state index contributed by atoms with van der Waals surface area (Å²) in [6.45, 7) is 3.33. The highest BCUT2D eigenvalue weighted by atomic mass is 35.5. The summed E-state index contributed by atoms with van der Waals surface area (Å²) in [5.41, 5.74) is -0.529. The lowest BCUT2D eigenvalue weighted by Gasteiger charge is -2.14. The molecule has 0 aliphatic heterocycles. The van der Waals surface area contributed by atoms with E-state index in [0.717, 1.165) is 9.13 Å². The van der Waals surface area contributed by atoms with Gasteiger partial charge >= 0.3 is 5.69 Å². The maximum atomic E-state index is 13.0. The lowest BCUT2D eigenvalue weighted by atomic mass is 10.2. The van der Waals surface area contributed by atoms with Crippen LogP contribution in [-0.2, 0) is 17.9 Å². The third-order valence-electron chi connectivity index (χ3n) is 3.88. The SMILES string of the molecule is CC(C)NC(=O)Cn1c(=O)n(Cc2ccccc2Cl)c(=O)c2nccnc21. The number of benzene rings is 1. The van der Waals surface area contributed by atoms with Crippen LogP contribution in [0.5, 0.6) is 0 Å². The monoisotopic (exact) mass is 387 g/mol. The molecule has 2 heterocycles. The molecule has 1 amide bonds. The number of carbonyl (C=O) groups is 1. The molecular weight excluding hydrogens is 370 g/mol. The number of amides is 1. The van der Waals surface area contributed by atoms with Gasteiger partial charge < -0.3 is 5.32 Å². The number of hydrogen-bond acceptors (Lipinski definition) is 5. The molecule has 0 atom stereocenters. The minimum atomic E-state index is -0.646. The molecule has 0 spiro atoms. The average Bonchev–Trinajstić information content (AvgIpc) is 2.63. The molecule has 0 saturated carbocycles. The molecule has 0 fully saturated rings. The Morgan fingerprint density at radius 3 is 2.56 bits per heavy atom. The van der Waals surface area contributed by atoms with Crippen molar-refractivity contribution < 1.29 is 4.79 Å². The third-order valence-corrected chi connectivity index (χ3v) is 4.25. The average molecular weight is 388 g/mol. The maximum Gasteiger partial charge on any atom is 0.333 e. The van der Waals surface area contributed by atoms with Gasteiger partial charge in [0.2, 0.25) is 5.91 Å². The molecule has 9 heteroatoms. The van der Waals surface area contributed by atoms with Gasteiger partial charge in [0, 0.05) is 23.5 Å². The van der Waals surface area contributed by atoms with Crippen molar-refractivity contribution in [1.29, 1.82) is 0 Å². The van der Waals surface area contributed by atoms with Gasteiger partial charge in [-0.2, -0.15) is 0 Å². The molecule has 0 aliphatic carbocycles. The number of aromatic nitrogens is 4. The smallest absolute Gasteiger partial charge is 0.333 e. The molecule has 0 unspecified atom stereocenters. The van der Waals surface area contributed by atoms with Gasteiger partial charge in [0.1, 0.15) is 6.54 Å². The number of fused-ring (bicyclic) bond motifs is 1. The topological polar surface area (TPSA) is 98.9 Å². The molecule has 0 saturated heterocycles. The molecule has 0 aliphatic rings. The fourth-order valence-electron chi connectivity index (χ4n) is 2.72. The minimum absolute atomic E-state index is 0.0153. The molecule has 2 aromatic heterocycles. The van der Waals surface area contributed by atoms with Crippen molar-refractivity contribution in [2.24, 2.45) is 0 Å². The lowest BCUT2D eigenvalue weighted by Crippen LogP contribution is -2.44. The number of halogens is 1. The highest BCUT2D eigenvalue weighted by Crippen LogP contribution is 2.15. The molecule has 27 heavy (non-hydrogen) atoms. The van der Waals surface area contributed by atoms with Gasteiger partial charge in [0.05, 0.1) is 6.54 Å². The number of hydrogen-bond donors (Lipinski definition) is 1. The molecular formula is C18H18ClN5O3. The van der Waals surface area contributed by atoms with Gasteiger partial charge in [-0.1, -0.05) is 29.8 Å². The largest absolute Gasteiger partial charge is 0.352 e. The van der Waals surface area contributed by atoms with Crippen LogP contribution >= 0.6 is 11.6 Å². The van der Waals surface area contributed by atoms with Crippen LogP contribution in [0.1, 0.15) is 19.4 Å². The Hall–Kier alpha value is -3.00. The summed E-state index contributed by atoms with van der Waals surface area (Å²) >= 11 is 6.16. The van der Waals surface area contributed by atoms with Gasteiger partial charge in [0.25, 0.3) is 5.56 Å². The van der Waals surface area contributed by atoms with E-state index in [2.05, 4.69) is 15.3 Å². The Bertz CT molecular complexity index is 1120. The fraction of sp³-hybridized carbons (Fsp3) is 0.278. The zero-order valence-electron chi connectivity index (χ0n) is 14.8. The van der Waals surface area contributed by atoms with Crippen molar-refractivity contribution in [1.82, 2.24) is 24.4 Å². The van der Waals surface area contributed by atoms with Crippen molar-refractivity contribution in [3.05, 3.63) is 68.1 Å². The molecule has 3 aromatic rings. The fourth-order valence-corrected chi connectivity index (χ4v) is 2.92. The highest BCUT2D eigenvalue weighted by molar-refractivity contribution is 6.31. The molecule has 0 bridgehead atoms. The molecule has 1 N–H and O–H groups in total. The first kappa shape index (κ1) is 18.8. The van der Waals surface area contributed by atoms with Crippen molar-refractivity contribution in [2.75, 3.05) is 0 Å². The number of nitrogens with zero attached hydrogens (tertiary/aromatic N) is 4. The van der Waals surface area contributed by atoms with Crippen molar-refractivity contribution in [3.63, 3.8) is 0 Å². The van der Waals surface area contributed by atoms with E-state index in [1.54, 1.807) is 24.3 Å². The van der Waals surface area contributed by atoms with E-state index in [0.29, 0.717) is 10.6 Å². The van der Waals surface area contributed by atoms with Gasteiger partial charge in [0.15, 0.2) is 11.2 Å². The van der Waals surface area contributed by atoms with Gasteiger partial charge in [-0.25, -0.2) is 14.8 Å². The normalized spacial score (nSPS) is 11.1. The highest BCUT2D eigenvalue weighted by Gasteiger charge is 2.18. The number of carbonyl (C=O) groups excluding carboxylic acids is 1. The van der Waals surface area contributed by atoms with Gasteiger partial charge in [-0.3, -0.25) is 18.7 Å². The summed E-state index contributed by atoms with van der Waals surface area (Å²) in [5.74, 6) is -0.359. The summed E-state index contributed by atoms with van der Waals surface area (Å²) in [4.78, 5) is 46.1. The second-order valence-electron chi connectivity index (χ2n) is 6.30. The van der Waals surface area contributed by atoms with Crippen molar-refractivity contribution in [3.8, 4) is 0 Å². The first-order chi connectivity index (χ1) is 12.9. The number of rotatable bonds is 5. The van der Waals surface area contributed by atoms with E-state index in [1.807, 2.05) is 13.8 Å². The maximum absolute atomic E-state index is 13.0. The summed E-state index contributed by atoms with van der Waals surface area (Å²) in [7, 11) is 0. The Labute approximate surface area is 159 Å². The second-order valence-corrected chi connectivity index (χ2v) is 6.71. The Morgan fingerprint density at radius 2 is 1.85 bits per heavy atom. The van der Waals surface area contributed by atoms with Crippen LogP contribution in [0.15, 0.2) is 46.2 Å². The summed E-state index contributed by atoms with van der Waals surface area (Å²) < 4.78 is 2.17. The van der Waals surface area contributed by atoms with Gasteiger partial charge in [-0.15, -0.1) is 0 Å². The summed E-state index contributed by atoms with van der Waals surface area (Å²) in [5, 5.41) is 3.16. The van der Waals surface area contributed by atoms with Crippen LogP contribution in [-0.4, -0.2) is 31.1 Å². The Kier molecular flexibility index (Phi) is 5.36. The Morgan fingerprint density at radius 1 is 1.15 bits per heavy atom. The molecule has 8 nitrogen and oxygen atoms in total. The Balaban J connectivity index is 2.17. The quantitative estimate of drug-likeness (QED) is 0.708. The van der Waals surface area contributed by atoms with E-state index >= 15 is 0 Å².